The van der Waals surface area contributed by atoms with Crippen molar-refractivity contribution in [3.05, 3.63) is 46.6 Å². The van der Waals surface area contributed by atoms with Gasteiger partial charge in [-0.2, -0.15) is 5.26 Å². The number of nitrogens with two attached hydrogens (primary N) is 1. The molecule has 144 valence electrons. The summed E-state index contributed by atoms with van der Waals surface area (Å²) >= 11 is 2.41. The molecule has 3 rings (SSSR count). The van der Waals surface area contributed by atoms with Crippen molar-refractivity contribution in [3.63, 3.8) is 0 Å². The number of ether oxygens (including phenoxy) is 2. The number of benzene rings is 1. The van der Waals surface area contributed by atoms with Gasteiger partial charge in [0.1, 0.15) is 28.0 Å². The Morgan fingerprint density at radius 2 is 2.29 bits per heavy atom. The van der Waals surface area contributed by atoms with Crippen LogP contribution in [0.25, 0.3) is 5.69 Å². The van der Waals surface area contributed by atoms with Crippen LogP contribution in [0, 0.1) is 11.3 Å². The van der Waals surface area contributed by atoms with Crippen molar-refractivity contribution >= 4 is 34.1 Å². The first kappa shape index (κ1) is 19.7. The van der Waals surface area contributed by atoms with E-state index in [1.807, 2.05) is 24.3 Å². The molecule has 10 heteroatoms. The Bertz CT molecular complexity index is 1040. The van der Waals surface area contributed by atoms with Gasteiger partial charge in [-0.3, -0.25) is 4.57 Å². The third kappa shape index (κ3) is 3.95. The molecule has 2 aromatic heterocycles. The van der Waals surface area contributed by atoms with Crippen molar-refractivity contribution in [2.75, 3.05) is 19.5 Å². The predicted molar refractivity (Wildman–Crippen MR) is 107 cm³/mol. The molecule has 0 bridgehead atoms. The Morgan fingerprint density at radius 1 is 1.46 bits per heavy atom. The molecule has 0 amide bonds. The van der Waals surface area contributed by atoms with Crippen LogP contribution in [0.15, 0.2) is 35.7 Å². The minimum Gasteiger partial charge on any atom is -0.497 e. The van der Waals surface area contributed by atoms with Crippen LogP contribution >= 0.6 is 23.1 Å². The lowest BCUT2D eigenvalue weighted by molar-refractivity contribution is 0.0531. The summed E-state index contributed by atoms with van der Waals surface area (Å²) in [7, 11) is 1.60. The van der Waals surface area contributed by atoms with Gasteiger partial charge in [0.05, 0.1) is 25.0 Å². The van der Waals surface area contributed by atoms with E-state index in [-0.39, 0.29) is 6.61 Å². The fourth-order valence-corrected chi connectivity index (χ4v) is 4.48. The summed E-state index contributed by atoms with van der Waals surface area (Å²) in [5, 5.41) is 18.5. The van der Waals surface area contributed by atoms with Crippen molar-refractivity contribution in [2.45, 2.75) is 17.8 Å². The topological polar surface area (TPSA) is 116 Å². The summed E-state index contributed by atoms with van der Waals surface area (Å²) in [4.78, 5) is 12.6. The second-order valence-corrected chi connectivity index (χ2v) is 7.45. The molecule has 2 N–H and O–H groups in total. The van der Waals surface area contributed by atoms with Crippen LogP contribution < -0.4 is 10.5 Å². The zero-order valence-electron chi connectivity index (χ0n) is 15.2. The lowest BCUT2D eigenvalue weighted by atomic mass is 10.2. The molecule has 0 aliphatic rings. The summed E-state index contributed by atoms with van der Waals surface area (Å²) < 4.78 is 12.2. The Morgan fingerprint density at radius 3 is 3.00 bits per heavy atom. The van der Waals surface area contributed by atoms with Gasteiger partial charge in [-0.1, -0.05) is 17.8 Å². The molecule has 0 spiro atoms. The third-order valence-corrected chi connectivity index (χ3v) is 5.81. The number of anilines is 1. The highest BCUT2D eigenvalue weighted by molar-refractivity contribution is 7.98. The number of carbonyl (C=O) groups excluding carboxylic acids is 1. The van der Waals surface area contributed by atoms with Crippen molar-refractivity contribution in [1.29, 1.82) is 5.26 Å². The largest absolute Gasteiger partial charge is 0.497 e. The first-order valence-electron chi connectivity index (χ1n) is 8.24. The fourth-order valence-electron chi connectivity index (χ4n) is 2.50. The number of aromatic nitrogens is 3. The van der Waals surface area contributed by atoms with E-state index in [0.717, 1.165) is 17.0 Å². The molecule has 0 aliphatic heterocycles. The minimum atomic E-state index is -0.481. The van der Waals surface area contributed by atoms with Crippen molar-refractivity contribution in [1.82, 2.24) is 14.8 Å². The van der Waals surface area contributed by atoms with Gasteiger partial charge in [-0.05, 0) is 19.1 Å². The second kappa shape index (κ2) is 8.77. The zero-order valence-corrected chi connectivity index (χ0v) is 16.8. The highest BCUT2D eigenvalue weighted by Gasteiger charge is 2.23. The Hall–Kier alpha value is -3.03. The number of thiophene rings is 1. The van der Waals surface area contributed by atoms with Gasteiger partial charge in [0.15, 0.2) is 5.16 Å². The average Bonchev–Trinajstić information content (AvgIpc) is 3.30. The number of nitrogen functional groups attached to an aromatic ring is 1. The van der Waals surface area contributed by atoms with Crippen LogP contribution in [-0.2, 0) is 10.5 Å². The lowest BCUT2D eigenvalue weighted by Gasteiger charge is -2.08. The number of nitrogens with zero attached hydrogens (tertiary/aromatic N) is 4. The van der Waals surface area contributed by atoms with Gasteiger partial charge in [0, 0.05) is 17.4 Å². The normalized spacial score (nSPS) is 10.5. The summed E-state index contributed by atoms with van der Waals surface area (Å²) in [6, 6.07) is 9.56. The molecule has 0 unspecified atom stereocenters. The van der Waals surface area contributed by atoms with E-state index in [1.165, 1.54) is 11.8 Å². The molecule has 0 fully saturated rings. The molecule has 0 saturated carbocycles. The maximum absolute atomic E-state index is 12.2. The minimum absolute atomic E-state index is 0.245. The highest BCUT2D eigenvalue weighted by Crippen LogP contribution is 2.35. The second-order valence-electron chi connectivity index (χ2n) is 5.45. The van der Waals surface area contributed by atoms with Crippen molar-refractivity contribution in [2.24, 2.45) is 0 Å². The number of hydrogen-bond acceptors (Lipinski definition) is 9. The van der Waals surface area contributed by atoms with Crippen LogP contribution in [0.1, 0.15) is 27.7 Å². The Balaban J connectivity index is 1.89. The first-order valence-corrected chi connectivity index (χ1v) is 10.0. The van der Waals surface area contributed by atoms with E-state index in [4.69, 9.17) is 15.2 Å². The van der Waals surface area contributed by atoms with Gasteiger partial charge in [-0.15, -0.1) is 21.5 Å². The van der Waals surface area contributed by atoms with Gasteiger partial charge in [0.2, 0.25) is 0 Å². The maximum Gasteiger partial charge on any atom is 0.348 e. The van der Waals surface area contributed by atoms with Crippen LogP contribution in [0.5, 0.6) is 5.75 Å². The van der Waals surface area contributed by atoms with E-state index >= 15 is 0 Å². The number of carbonyl (C=O) groups is 1. The van der Waals surface area contributed by atoms with E-state index in [0.29, 0.717) is 37.7 Å². The van der Waals surface area contributed by atoms with Gasteiger partial charge >= 0.3 is 5.97 Å². The Kier molecular flexibility index (Phi) is 6.18. The summed E-state index contributed by atoms with van der Waals surface area (Å²) in [6.45, 7) is 1.97. The fraction of sp³-hybridized carbons (Fsp3) is 0.222. The molecule has 8 nitrogen and oxygen atoms in total. The predicted octanol–water partition coefficient (Wildman–Crippen LogP) is 3.26. The standard InChI is InChI=1S/C18H17N5O3S2/c1-3-26-17(24)15-14(13(8-19)16(20)28-15)9-27-18-22-21-10-23(18)11-5-4-6-12(7-11)25-2/h4-7,10H,3,9,20H2,1-2H3. The highest BCUT2D eigenvalue weighted by atomic mass is 32.2. The summed E-state index contributed by atoms with van der Waals surface area (Å²) in [5.41, 5.74) is 7.61. The number of esters is 1. The van der Waals surface area contributed by atoms with Crippen LogP contribution in [0.4, 0.5) is 5.00 Å². The van der Waals surface area contributed by atoms with E-state index < -0.39 is 5.97 Å². The number of nitriles is 1. The van der Waals surface area contributed by atoms with Gasteiger partial charge in [0.25, 0.3) is 0 Å². The number of thioether (sulfide) groups is 1. The monoisotopic (exact) mass is 415 g/mol. The molecule has 0 aliphatic carbocycles. The number of methoxy groups -OCH3 is 1. The molecule has 0 saturated heterocycles. The molecule has 0 atom stereocenters. The van der Waals surface area contributed by atoms with Gasteiger partial charge in [-0.25, -0.2) is 4.79 Å². The first-order chi connectivity index (χ1) is 13.6. The quantitative estimate of drug-likeness (QED) is 0.462. The summed E-state index contributed by atoms with van der Waals surface area (Å²) in [5.74, 6) is 0.558. The number of rotatable bonds is 7. The Labute approximate surface area is 169 Å². The van der Waals surface area contributed by atoms with Crippen molar-refractivity contribution < 1.29 is 14.3 Å². The smallest absolute Gasteiger partial charge is 0.348 e. The molecular weight excluding hydrogens is 398 g/mol. The third-order valence-electron chi connectivity index (χ3n) is 3.80. The van der Waals surface area contributed by atoms with Gasteiger partial charge < -0.3 is 15.2 Å². The van der Waals surface area contributed by atoms with E-state index in [2.05, 4.69) is 16.3 Å². The van der Waals surface area contributed by atoms with E-state index in [9.17, 15) is 10.1 Å². The maximum atomic E-state index is 12.2. The molecule has 0 radical (unpaired) electrons. The van der Waals surface area contributed by atoms with E-state index in [1.54, 1.807) is 24.9 Å². The zero-order chi connectivity index (χ0) is 20.1. The molecule has 1 aromatic carbocycles. The van der Waals surface area contributed by atoms with Crippen molar-refractivity contribution in [3.8, 4) is 17.5 Å². The van der Waals surface area contributed by atoms with Crippen LogP contribution in [0.3, 0.4) is 0 Å². The number of hydrogen-bond donors (Lipinski definition) is 1. The van der Waals surface area contributed by atoms with Crippen LogP contribution in [0.2, 0.25) is 0 Å². The average molecular weight is 416 g/mol. The molecule has 28 heavy (non-hydrogen) atoms. The SMILES string of the molecule is CCOC(=O)c1sc(N)c(C#N)c1CSc1nncn1-c1cccc(OC)c1. The molecule has 2 heterocycles. The summed E-state index contributed by atoms with van der Waals surface area (Å²) in [6.07, 6.45) is 1.59. The lowest BCUT2D eigenvalue weighted by Crippen LogP contribution is -2.05. The molecular formula is C18H17N5O3S2. The molecule has 3 aromatic rings. The van der Waals surface area contributed by atoms with Crippen LogP contribution in [-0.4, -0.2) is 34.5 Å².